The van der Waals surface area contributed by atoms with Crippen LogP contribution in [0.5, 0.6) is 0 Å². The van der Waals surface area contributed by atoms with Gasteiger partial charge in [-0.1, -0.05) is 36.4 Å². The molecule has 0 amide bonds. The van der Waals surface area contributed by atoms with Crippen molar-refractivity contribution in [2.45, 2.75) is 12.3 Å². The molecule has 0 heterocycles. The molecule has 0 radical (unpaired) electrons. The Morgan fingerprint density at radius 1 is 0.944 bits per heavy atom. The average molecular weight is 230 g/mol. The molecule has 1 aliphatic carbocycles. The number of hydrogen-bond acceptors (Lipinski definition) is 2. The van der Waals surface area contributed by atoms with Gasteiger partial charge in [0.05, 0.1) is 23.6 Å². The third-order valence-electron chi connectivity index (χ3n) is 3.48. The number of hydrogen-bond donors (Lipinski definition) is 0. The molecule has 1 unspecified atom stereocenters. The molecule has 84 valence electrons. The Morgan fingerprint density at radius 3 is 2.50 bits per heavy atom. The SMILES string of the molecule is N#Cc1cccc2c1C(C#N)c1ccccc1C2. The zero-order chi connectivity index (χ0) is 12.5. The molecule has 0 saturated carbocycles. The fourth-order valence-corrected chi connectivity index (χ4v) is 2.68. The summed E-state index contributed by atoms with van der Waals surface area (Å²) >= 11 is 0. The van der Waals surface area contributed by atoms with Crippen LogP contribution in [0.1, 0.15) is 33.7 Å². The monoisotopic (exact) mass is 230 g/mol. The lowest BCUT2D eigenvalue weighted by molar-refractivity contribution is 0.918. The van der Waals surface area contributed by atoms with E-state index in [-0.39, 0.29) is 5.92 Å². The van der Waals surface area contributed by atoms with Gasteiger partial charge in [-0.25, -0.2) is 0 Å². The molecule has 2 aromatic rings. The minimum atomic E-state index is -0.319. The Labute approximate surface area is 106 Å². The summed E-state index contributed by atoms with van der Waals surface area (Å²) in [5.74, 6) is -0.319. The molecule has 3 rings (SSSR count). The van der Waals surface area contributed by atoms with E-state index in [9.17, 15) is 10.5 Å². The number of benzene rings is 2. The van der Waals surface area contributed by atoms with E-state index in [2.05, 4.69) is 18.2 Å². The van der Waals surface area contributed by atoms with Gasteiger partial charge in [0.1, 0.15) is 0 Å². The molecule has 0 fully saturated rings. The molecule has 1 atom stereocenters. The summed E-state index contributed by atoms with van der Waals surface area (Å²) in [4.78, 5) is 0. The van der Waals surface area contributed by atoms with Gasteiger partial charge in [0.15, 0.2) is 0 Å². The van der Waals surface area contributed by atoms with E-state index >= 15 is 0 Å². The largest absolute Gasteiger partial charge is 0.197 e. The van der Waals surface area contributed by atoms with E-state index in [4.69, 9.17) is 0 Å². The normalized spacial score (nSPS) is 16.0. The van der Waals surface area contributed by atoms with Crippen LogP contribution in [0.3, 0.4) is 0 Å². The van der Waals surface area contributed by atoms with Gasteiger partial charge in [-0.3, -0.25) is 0 Å². The van der Waals surface area contributed by atoms with Crippen LogP contribution in [0, 0.1) is 22.7 Å². The lowest BCUT2D eigenvalue weighted by Crippen LogP contribution is -2.14. The number of nitrogens with zero attached hydrogens (tertiary/aromatic N) is 2. The predicted molar refractivity (Wildman–Crippen MR) is 67.9 cm³/mol. The van der Waals surface area contributed by atoms with E-state index in [0.29, 0.717) is 5.56 Å². The second kappa shape index (κ2) is 4.02. The smallest absolute Gasteiger partial charge is 0.0995 e. The second-order valence-corrected chi connectivity index (χ2v) is 4.43. The summed E-state index contributed by atoms with van der Waals surface area (Å²) in [5.41, 5.74) is 4.83. The van der Waals surface area contributed by atoms with Crippen molar-refractivity contribution >= 4 is 0 Å². The van der Waals surface area contributed by atoms with E-state index in [1.165, 1.54) is 5.56 Å². The molecule has 0 aromatic heterocycles. The Balaban J connectivity index is 2.29. The lowest BCUT2D eigenvalue weighted by Gasteiger charge is -2.24. The van der Waals surface area contributed by atoms with Gasteiger partial charge in [-0.2, -0.15) is 10.5 Å². The standard InChI is InChI=1S/C16H10N2/c17-9-13-6-3-5-12-8-11-4-1-2-7-14(11)15(10-18)16(12)13/h1-7,15H,8H2. The molecule has 2 nitrogen and oxygen atoms in total. The summed E-state index contributed by atoms with van der Waals surface area (Å²) in [5, 5.41) is 18.6. The van der Waals surface area contributed by atoms with Crippen LogP contribution in [0.4, 0.5) is 0 Å². The number of nitriles is 2. The van der Waals surface area contributed by atoms with Gasteiger partial charge in [-0.05, 0) is 34.7 Å². The highest BCUT2D eigenvalue weighted by atomic mass is 14.4. The molecule has 18 heavy (non-hydrogen) atoms. The van der Waals surface area contributed by atoms with Crippen molar-refractivity contribution in [2.24, 2.45) is 0 Å². The molecule has 0 N–H and O–H groups in total. The van der Waals surface area contributed by atoms with Crippen molar-refractivity contribution in [3.05, 3.63) is 70.3 Å². The van der Waals surface area contributed by atoms with Crippen LogP contribution in [-0.4, -0.2) is 0 Å². The molecule has 0 bridgehead atoms. The minimum Gasteiger partial charge on any atom is -0.197 e. The van der Waals surface area contributed by atoms with Crippen LogP contribution in [0.15, 0.2) is 42.5 Å². The molecule has 0 aliphatic heterocycles. The van der Waals surface area contributed by atoms with Crippen molar-refractivity contribution in [1.82, 2.24) is 0 Å². The third kappa shape index (κ3) is 1.40. The number of fused-ring (bicyclic) bond motifs is 2. The van der Waals surface area contributed by atoms with Gasteiger partial charge < -0.3 is 0 Å². The molecular weight excluding hydrogens is 220 g/mol. The summed E-state index contributed by atoms with van der Waals surface area (Å²) < 4.78 is 0. The Hall–Kier alpha value is -2.58. The van der Waals surface area contributed by atoms with E-state index in [1.54, 1.807) is 6.07 Å². The molecule has 2 heteroatoms. The third-order valence-corrected chi connectivity index (χ3v) is 3.48. The molecule has 1 aliphatic rings. The minimum absolute atomic E-state index is 0.319. The first-order valence-electron chi connectivity index (χ1n) is 5.84. The summed E-state index contributed by atoms with van der Waals surface area (Å²) in [6.07, 6.45) is 0.805. The van der Waals surface area contributed by atoms with Crippen molar-refractivity contribution in [2.75, 3.05) is 0 Å². The second-order valence-electron chi connectivity index (χ2n) is 4.43. The predicted octanol–water partition coefficient (Wildman–Crippen LogP) is 3.12. The van der Waals surface area contributed by atoms with Crippen molar-refractivity contribution in [3.63, 3.8) is 0 Å². The van der Waals surface area contributed by atoms with Gasteiger partial charge in [0, 0.05) is 0 Å². The van der Waals surface area contributed by atoms with Gasteiger partial charge in [-0.15, -0.1) is 0 Å². The highest BCUT2D eigenvalue weighted by Crippen LogP contribution is 2.37. The average Bonchev–Trinajstić information content (AvgIpc) is 2.44. The summed E-state index contributed by atoms with van der Waals surface area (Å²) in [7, 11) is 0. The van der Waals surface area contributed by atoms with Gasteiger partial charge in [0.25, 0.3) is 0 Å². The highest BCUT2D eigenvalue weighted by molar-refractivity contribution is 5.57. The number of rotatable bonds is 0. The van der Waals surface area contributed by atoms with Crippen molar-refractivity contribution < 1.29 is 0 Å². The Morgan fingerprint density at radius 2 is 1.72 bits per heavy atom. The zero-order valence-corrected chi connectivity index (χ0v) is 9.72. The van der Waals surface area contributed by atoms with Crippen LogP contribution >= 0.6 is 0 Å². The van der Waals surface area contributed by atoms with Crippen LogP contribution in [0.25, 0.3) is 0 Å². The topological polar surface area (TPSA) is 47.6 Å². The first-order valence-corrected chi connectivity index (χ1v) is 5.84. The van der Waals surface area contributed by atoms with Crippen LogP contribution in [-0.2, 0) is 6.42 Å². The fourth-order valence-electron chi connectivity index (χ4n) is 2.68. The van der Waals surface area contributed by atoms with E-state index < -0.39 is 0 Å². The quantitative estimate of drug-likeness (QED) is 0.698. The highest BCUT2D eigenvalue weighted by Gasteiger charge is 2.27. The van der Waals surface area contributed by atoms with Crippen LogP contribution < -0.4 is 0 Å². The first-order chi connectivity index (χ1) is 8.85. The van der Waals surface area contributed by atoms with Crippen molar-refractivity contribution in [1.29, 1.82) is 10.5 Å². The van der Waals surface area contributed by atoms with E-state index in [1.807, 2.05) is 30.3 Å². The maximum absolute atomic E-state index is 9.45. The van der Waals surface area contributed by atoms with Crippen LogP contribution in [0.2, 0.25) is 0 Å². The summed E-state index contributed by atoms with van der Waals surface area (Å²) in [6.45, 7) is 0. The maximum Gasteiger partial charge on any atom is 0.0995 e. The summed E-state index contributed by atoms with van der Waals surface area (Å²) in [6, 6.07) is 18.2. The molecular formula is C16H10N2. The fraction of sp³-hybridized carbons (Fsp3) is 0.125. The molecule has 2 aromatic carbocycles. The molecule has 0 saturated heterocycles. The Kier molecular flexibility index (Phi) is 2.36. The van der Waals surface area contributed by atoms with Gasteiger partial charge >= 0.3 is 0 Å². The molecule has 0 spiro atoms. The van der Waals surface area contributed by atoms with E-state index in [0.717, 1.165) is 23.1 Å². The first kappa shape index (κ1) is 10.6. The lowest BCUT2D eigenvalue weighted by atomic mass is 9.77. The van der Waals surface area contributed by atoms with Crippen molar-refractivity contribution in [3.8, 4) is 12.1 Å². The maximum atomic E-state index is 9.45. The Bertz CT molecular complexity index is 702. The zero-order valence-electron chi connectivity index (χ0n) is 9.72. The van der Waals surface area contributed by atoms with Gasteiger partial charge in [0.2, 0.25) is 0 Å².